The van der Waals surface area contributed by atoms with Gasteiger partial charge in [0.05, 0.1) is 36.1 Å². The van der Waals surface area contributed by atoms with Crippen molar-refractivity contribution in [2.75, 3.05) is 11.9 Å². The number of anilines is 1. The minimum absolute atomic E-state index is 0.0218. The Morgan fingerprint density at radius 3 is 2.58 bits per heavy atom. The number of rotatable bonds is 7. The highest BCUT2D eigenvalue weighted by Crippen LogP contribution is 2.35. The number of likely N-dealkylation sites (N-methyl/N-ethyl adjacent to an activating group) is 1. The number of imidazole rings is 1. The fourth-order valence-electron chi connectivity index (χ4n) is 4.58. The predicted octanol–water partition coefficient (Wildman–Crippen LogP) is 3.95. The van der Waals surface area contributed by atoms with Gasteiger partial charge in [-0.1, -0.05) is 41.4 Å². The molecule has 162 valence electrons. The Morgan fingerprint density at radius 2 is 1.90 bits per heavy atom. The van der Waals surface area contributed by atoms with Gasteiger partial charge in [0.2, 0.25) is 5.91 Å². The minimum atomic E-state index is -0.924. The van der Waals surface area contributed by atoms with E-state index in [1.54, 1.807) is 21.1 Å². The summed E-state index contributed by atoms with van der Waals surface area (Å²) in [6, 6.07) is 10.9. The maximum Gasteiger partial charge on any atom is 0.329 e. The maximum absolute atomic E-state index is 13.6. The molecule has 0 saturated carbocycles. The van der Waals surface area contributed by atoms with Crippen LogP contribution in [0, 0.1) is 0 Å². The van der Waals surface area contributed by atoms with Crippen LogP contribution in [0.15, 0.2) is 45.7 Å². The van der Waals surface area contributed by atoms with Crippen LogP contribution < -0.4 is 10.6 Å². The van der Waals surface area contributed by atoms with E-state index in [-0.39, 0.29) is 24.6 Å². The Labute approximate surface area is 188 Å². The van der Waals surface area contributed by atoms with Gasteiger partial charge in [0.15, 0.2) is 0 Å². The summed E-state index contributed by atoms with van der Waals surface area (Å²) in [6.45, 7) is 2.27. The molecule has 3 aromatic rings. The van der Waals surface area contributed by atoms with E-state index in [1.165, 1.54) is 0 Å². The van der Waals surface area contributed by atoms with Gasteiger partial charge in [-0.2, -0.15) is 0 Å². The van der Waals surface area contributed by atoms with Crippen LogP contribution in [0.4, 0.5) is 5.69 Å². The van der Waals surface area contributed by atoms with E-state index in [9.17, 15) is 19.5 Å². The maximum atomic E-state index is 13.6. The van der Waals surface area contributed by atoms with Gasteiger partial charge >= 0.3 is 11.7 Å². The van der Waals surface area contributed by atoms with Gasteiger partial charge in [-0.3, -0.25) is 18.7 Å². The van der Waals surface area contributed by atoms with Gasteiger partial charge < -0.3 is 10.0 Å². The molecule has 0 aliphatic carbocycles. The number of aromatic nitrogens is 2. The lowest BCUT2D eigenvalue weighted by Gasteiger charge is -2.17. The van der Waals surface area contributed by atoms with Crippen LogP contribution in [0.2, 0.25) is 0 Å². The van der Waals surface area contributed by atoms with Gasteiger partial charge in [0.1, 0.15) is 0 Å². The van der Waals surface area contributed by atoms with Crippen LogP contribution in [0.3, 0.4) is 0 Å². The first-order valence-electron chi connectivity index (χ1n) is 10.3. The number of para-hydroxylation sites is 2. The van der Waals surface area contributed by atoms with E-state index in [4.69, 9.17) is 0 Å². The number of aliphatic carboxylic acids is 1. The second-order valence-electron chi connectivity index (χ2n) is 7.97. The molecule has 1 atom stereocenters. The topological polar surface area (TPSA) is 84.5 Å². The number of carbonyl (C=O) groups excluding carboxylic acids is 1. The number of carboxylic acids is 1. The first kappa shape index (κ1) is 21.4. The number of hydrogen-bond donors (Lipinski definition) is 1. The number of carboxylic acid groups (broad SMARTS) is 1. The number of benzene rings is 2. The Bertz CT molecular complexity index is 1240. The molecule has 7 nitrogen and oxygen atoms in total. The van der Waals surface area contributed by atoms with Crippen LogP contribution in [-0.2, 0) is 22.6 Å². The van der Waals surface area contributed by atoms with E-state index < -0.39 is 12.0 Å². The minimum Gasteiger partial charge on any atom is -0.481 e. The molecular formula is C23H24BrN3O4. The van der Waals surface area contributed by atoms with Gasteiger partial charge in [-0.25, -0.2) is 4.79 Å². The van der Waals surface area contributed by atoms with E-state index in [1.807, 2.05) is 43.3 Å². The lowest BCUT2D eigenvalue weighted by Crippen LogP contribution is -2.29. The van der Waals surface area contributed by atoms with Crippen molar-refractivity contribution in [1.82, 2.24) is 9.13 Å². The molecule has 0 bridgehead atoms. The lowest BCUT2D eigenvalue weighted by molar-refractivity contribution is -0.138. The van der Waals surface area contributed by atoms with Crippen molar-refractivity contribution >= 4 is 44.5 Å². The fraction of sp³-hybridized carbons (Fsp3) is 0.348. The smallest absolute Gasteiger partial charge is 0.329 e. The first-order chi connectivity index (χ1) is 14.8. The normalized spacial score (nSPS) is 14.3. The van der Waals surface area contributed by atoms with Crippen molar-refractivity contribution in [1.29, 1.82) is 0 Å². The molecular weight excluding hydrogens is 462 g/mol. The fourth-order valence-corrected chi connectivity index (χ4v) is 5.13. The van der Waals surface area contributed by atoms with Crippen LogP contribution in [-0.4, -0.2) is 33.2 Å². The second-order valence-corrected chi connectivity index (χ2v) is 8.89. The molecule has 0 spiro atoms. The standard InChI is InChI=1S/C23H24BrN3O4/c1-3-6-17(12-21(29)30)27-19-8-5-4-7-18(19)26(23(27)31)13-15-10-16(24)9-14-11-20(28)25(2)22(14)15/h4-5,7-10,17H,3,6,11-13H2,1-2H3,(H,29,30). The molecule has 4 rings (SSSR count). The highest BCUT2D eigenvalue weighted by atomic mass is 79.9. The van der Waals surface area contributed by atoms with Crippen LogP contribution in [0.25, 0.3) is 11.0 Å². The third kappa shape index (κ3) is 3.80. The Kier molecular flexibility index (Phi) is 5.75. The summed E-state index contributed by atoms with van der Waals surface area (Å²) in [6.07, 6.45) is 1.61. The number of halogens is 1. The Hall–Kier alpha value is -2.87. The van der Waals surface area contributed by atoms with Gasteiger partial charge in [-0.05, 0) is 41.8 Å². The zero-order chi connectivity index (χ0) is 22.3. The summed E-state index contributed by atoms with van der Waals surface area (Å²) >= 11 is 3.53. The molecule has 1 aliphatic heterocycles. The molecule has 1 N–H and O–H groups in total. The van der Waals surface area contributed by atoms with Crippen LogP contribution >= 0.6 is 15.9 Å². The highest BCUT2D eigenvalue weighted by molar-refractivity contribution is 9.10. The van der Waals surface area contributed by atoms with Gasteiger partial charge in [0, 0.05) is 17.6 Å². The summed E-state index contributed by atoms with van der Waals surface area (Å²) in [4.78, 5) is 39.0. The summed E-state index contributed by atoms with van der Waals surface area (Å²) in [7, 11) is 1.75. The Balaban J connectivity index is 1.88. The van der Waals surface area contributed by atoms with E-state index >= 15 is 0 Å². The summed E-state index contributed by atoms with van der Waals surface area (Å²) in [5.41, 5.74) is 3.88. The van der Waals surface area contributed by atoms with Crippen molar-refractivity contribution in [3.05, 3.63) is 62.5 Å². The van der Waals surface area contributed by atoms with Crippen molar-refractivity contribution in [3.8, 4) is 0 Å². The van der Waals surface area contributed by atoms with Crippen LogP contribution in [0.5, 0.6) is 0 Å². The second kappa shape index (κ2) is 8.34. The summed E-state index contributed by atoms with van der Waals surface area (Å²) < 4.78 is 4.16. The van der Waals surface area contributed by atoms with Crippen molar-refractivity contribution < 1.29 is 14.7 Å². The molecule has 8 heteroatoms. The zero-order valence-electron chi connectivity index (χ0n) is 17.5. The van der Waals surface area contributed by atoms with Crippen LogP contribution in [0.1, 0.15) is 43.4 Å². The number of nitrogens with zero attached hydrogens (tertiary/aromatic N) is 3. The average Bonchev–Trinajstić information content (AvgIpc) is 3.14. The number of fused-ring (bicyclic) bond motifs is 2. The molecule has 0 fully saturated rings. The SMILES string of the molecule is CCCC(CC(=O)O)n1c(=O)n(Cc2cc(Br)cc3c2N(C)C(=O)C3)c2ccccc21. The lowest BCUT2D eigenvalue weighted by atomic mass is 10.1. The summed E-state index contributed by atoms with van der Waals surface area (Å²) in [5, 5.41) is 9.40. The molecule has 2 aromatic carbocycles. The predicted molar refractivity (Wildman–Crippen MR) is 123 cm³/mol. The summed E-state index contributed by atoms with van der Waals surface area (Å²) in [5.74, 6) is -0.902. The number of carbonyl (C=O) groups is 2. The van der Waals surface area contributed by atoms with Crippen molar-refractivity contribution in [3.63, 3.8) is 0 Å². The molecule has 2 heterocycles. The third-order valence-corrected chi connectivity index (χ3v) is 6.34. The van der Waals surface area contributed by atoms with Crippen molar-refractivity contribution in [2.45, 2.75) is 45.2 Å². The van der Waals surface area contributed by atoms with Crippen molar-refractivity contribution in [2.24, 2.45) is 0 Å². The molecule has 31 heavy (non-hydrogen) atoms. The van der Waals surface area contributed by atoms with Gasteiger partial charge in [-0.15, -0.1) is 0 Å². The third-order valence-electron chi connectivity index (χ3n) is 5.88. The molecule has 0 radical (unpaired) electrons. The van der Waals surface area contributed by atoms with E-state index in [2.05, 4.69) is 15.9 Å². The number of hydrogen-bond acceptors (Lipinski definition) is 3. The van der Waals surface area contributed by atoms with E-state index in [0.29, 0.717) is 12.8 Å². The molecule has 1 aromatic heterocycles. The molecule has 1 unspecified atom stereocenters. The Morgan fingerprint density at radius 1 is 1.19 bits per heavy atom. The largest absolute Gasteiger partial charge is 0.481 e. The average molecular weight is 486 g/mol. The van der Waals surface area contributed by atoms with Gasteiger partial charge in [0.25, 0.3) is 0 Å². The molecule has 1 aliphatic rings. The monoisotopic (exact) mass is 485 g/mol. The highest BCUT2D eigenvalue weighted by Gasteiger charge is 2.28. The quantitative estimate of drug-likeness (QED) is 0.548. The zero-order valence-corrected chi connectivity index (χ0v) is 19.1. The molecule has 0 saturated heterocycles. The first-order valence-corrected chi connectivity index (χ1v) is 11.1. The van der Waals surface area contributed by atoms with E-state index in [0.717, 1.165) is 38.7 Å². The molecule has 1 amide bonds. The number of amides is 1.